The fourth-order valence-electron chi connectivity index (χ4n) is 1.89. The number of anilines is 1. The summed E-state index contributed by atoms with van der Waals surface area (Å²) in [5.41, 5.74) is 6.84. The summed E-state index contributed by atoms with van der Waals surface area (Å²) in [6, 6.07) is 11.3. The first-order valence-electron chi connectivity index (χ1n) is 6.83. The molecule has 0 fully saturated rings. The molecule has 2 rings (SSSR count). The number of nitrogen functional groups attached to an aromatic ring is 1. The number of carbonyl (C=O) groups excluding carboxylic acids is 1. The van der Waals surface area contributed by atoms with Crippen LogP contribution in [0, 0.1) is 5.92 Å². The zero-order valence-corrected chi connectivity index (χ0v) is 12.2. The van der Waals surface area contributed by atoms with E-state index < -0.39 is 0 Å². The van der Waals surface area contributed by atoms with E-state index in [2.05, 4.69) is 0 Å². The molecule has 21 heavy (non-hydrogen) atoms. The first kappa shape index (κ1) is 14.9. The van der Waals surface area contributed by atoms with E-state index in [1.165, 1.54) is 6.07 Å². The lowest BCUT2D eigenvalue weighted by Crippen LogP contribution is -2.06. The average Bonchev–Trinajstić information content (AvgIpc) is 2.45. The Kier molecular flexibility index (Phi) is 4.48. The molecule has 4 heteroatoms. The topological polar surface area (TPSA) is 72.5 Å². The number of phenolic OH excluding ortho intramolecular Hbond substituents is 1. The summed E-state index contributed by atoms with van der Waals surface area (Å²) in [5, 5.41) is 9.91. The first-order chi connectivity index (χ1) is 9.97. The average molecular weight is 285 g/mol. The van der Waals surface area contributed by atoms with Crippen molar-refractivity contribution >= 4 is 11.5 Å². The van der Waals surface area contributed by atoms with Gasteiger partial charge in [-0.3, -0.25) is 4.79 Å². The van der Waals surface area contributed by atoms with E-state index in [0.29, 0.717) is 29.5 Å². The predicted octanol–water partition coefficient (Wildman–Crippen LogP) is 3.24. The van der Waals surface area contributed by atoms with Gasteiger partial charge in [0.15, 0.2) is 5.78 Å². The fraction of sp³-hybridized carbons (Fsp3) is 0.235. The number of hydrogen-bond acceptors (Lipinski definition) is 4. The Hall–Kier alpha value is -2.49. The van der Waals surface area contributed by atoms with Crippen LogP contribution in [0.1, 0.15) is 29.8 Å². The Morgan fingerprint density at radius 1 is 1.24 bits per heavy atom. The molecule has 0 atom stereocenters. The number of hydrogen-bond donors (Lipinski definition) is 2. The third-order valence-electron chi connectivity index (χ3n) is 2.94. The van der Waals surface area contributed by atoms with Crippen LogP contribution < -0.4 is 10.5 Å². The van der Waals surface area contributed by atoms with E-state index in [-0.39, 0.29) is 17.1 Å². The molecule has 0 aliphatic carbocycles. The van der Waals surface area contributed by atoms with Crippen molar-refractivity contribution in [3.63, 3.8) is 0 Å². The molecule has 4 nitrogen and oxygen atoms in total. The number of phenols is 1. The molecule has 3 N–H and O–H groups in total. The molecule has 0 heterocycles. The van der Waals surface area contributed by atoms with Gasteiger partial charge >= 0.3 is 0 Å². The van der Waals surface area contributed by atoms with Crippen molar-refractivity contribution in [3.8, 4) is 11.5 Å². The summed E-state index contributed by atoms with van der Waals surface area (Å²) in [6.45, 7) is 4.63. The van der Waals surface area contributed by atoms with Crippen LogP contribution in [0.5, 0.6) is 11.5 Å². The maximum Gasteiger partial charge on any atom is 0.196 e. The largest absolute Gasteiger partial charge is 0.507 e. The summed E-state index contributed by atoms with van der Waals surface area (Å²) in [5.74, 6) is 0.592. The lowest BCUT2D eigenvalue weighted by atomic mass is 10.0. The van der Waals surface area contributed by atoms with Crippen LogP contribution in [0.15, 0.2) is 42.5 Å². The Morgan fingerprint density at radius 3 is 2.67 bits per heavy atom. The van der Waals surface area contributed by atoms with Gasteiger partial charge in [0, 0.05) is 11.3 Å². The number of ketones is 1. The van der Waals surface area contributed by atoms with Gasteiger partial charge in [0.1, 0.15) is 11.5 Å². The molecule has 110 valence electrons. The molecule has 0 radical (unpaired) electrons. The van der Waals surface area contributed by atoms with Crippen molar-refractivity contribution < 1.29 is 14.6 Å². The van der Waals surface area contributed by atoms with Crippen molar-refractivity contribution in [2.24, 2.45) is 5.92 Å². The van der Waals surface area contributed by atoms with Gasteiger partial charge < -0.3 is 15.6 Å². The number of benzene rings is 2. The van der Waals surface area contributed by atoms with E-state index in [0.717, 1.165) is 0 Å². The van der Waals surface area contributed by atoms with Crippen molar-refractivity contribution in [2.75, 3.05) is 12.3 Å². The monoisotopic (exact) mass is 285 g/mol. The van der Waals surface area contributed by atoms with Crippen LogP contribution in [0.25, 0.3) is 0 Å². The standard InChI is InChI=1S/C17H19NO3/c1-11(2)10-21-14-6-7-16(19)15(9-14)17(20)12-4-3-5-13(18)8-12/h3-9,11,19H,10,18H2,1-2H3. The molecule has 0 saturated heterocycles. The number of carbonyl (C=O) groups is 1. The number of ether oxygens (including phenoxy) is 1. The van der Waals surface area contributed by atoms with Gasteiger partial charge in [-0.15, -0.1) is 0 Å². The highest BCUT2D eigenvalue weighted by molar-refractivity contribution is 6.11. The molecule has 0 aliphatic rings. The van der Waals surface area contributed by atoms with E-state index in [1.807, 2.05) is 13.8 Å². The van der Waals surface area contributed by atoms with E-state index in [9.17, 15) is 9.90 Å². The molecule has 0 saturated carbocycles. The van der Waals surface area contributed by atoms with Crippen LogP contribution in [0.3, 0.4) is 0 Å². The normalized spacial score (nSPS) is 10.6. The van der Waals surface area contributed by atoms with Crippen LogP contribution in [0.4, 0.5) is 5.69 Å². The SMILES string of the molecule is CC(C)COc1ccc(O)c(C(=O)c2cccc(N)c2)c1. The molecule has 0 spiro atoms. The molecule has 2 aromatic carbocycles. The zero-order chi connectivity index (χ0) is 15.4. The van der Waals surface area contributed by atoms with Crippen LogP contribution in [0.2, 0.25) is 0 Å². The van der Waals surface area contributed by atoms with E-state index >= 15 is 0 Å². The summed E-state index contributed by atoms with van der Waals surface area (Å²) >= 11 is 0. The zero-order valence-electron chi connectivity index (χ0n) is 12.2. The molecular weight excluding hydrogens is 266 g/mol. The molecule has 0 aromatic heterocycles. The van der Waals surface area contributed by atoms with Crippen molar-refractivity contribution in [1.29, 1.82) is 0 Å². The van der Waals surface area contributed by atoms with Gasteiger partial charge in [-0.1, -0.05) is 26.0 Å². The second kappa shape index (κ2) is 6.31. The quantitative estimate of drug-likeness (QED) is 0.653. The van der Waals surface area contributed by atoms with Crippen LogP contribution in [-0.2, 0) is 0 Å². The summed E-state index contributed by atoms with van der Waals surface area (Å²) < 4.78 is 5.58. The second-order valence-corrected chi connectivity index (χ2v) is 5.34. The van der Waals surface area contributed by atoms with Crippen LogP contribution >= 0.6 is 0 Å². The van der Waals surface area contributed by atoms with Gasteiger partial charge in [0.05, 0.1) is 12.2 Å². The molecule has 0 bridgehead atoms. The minimum absolute atomic E-state index is 0.0701. The number of rotatable bonds is 5. The van der Waals surface area contributed by atoms with Gasteiger partial charge in [0.2, 0.25) is 0 Å². The number of aromatic hydroxyl groups is 1. The predicted molar refractivity (Wildman–Crippen MR) is 82.7 cm³/mol. The van der Waals surface area contributed by atoms with Gasteiger partial charge in [0.25, 0.3) is 0 Å². The summed E-state index contributed by atoms with van der Waals surface area (Å²) in [4.78, 5) is 12.4. The molecule has 0 unspecified atom stereocenters. The minimum atomic E-state index is -0.283. The Bertz CT molecular complexity index is 650. The lowest BCUT2D eigenvalue weighted by Gasteiger charge is -2.11. The second-order valence-electron chi connectivity index (χ2n) is 5.34. The summed E-state index contributed by atoms with van der Waals surface area (Å²) in [7, 11) is 0. The molecule has 2 aromatic rings. The van der Waals surface area contributed by atoms with Crippen molar-refractivity contribution in [1.82, 2.24) is 0 Å². The van der Waals surface area contributed by atoms with Gasteiger partial charge in [-0.2, -0.15) is 0 Å². The molecular formula is C17H19NO3. The van der Waals surface area contributed by atoms with Crippen molar-refractivity contribution in [2.45, 2.75) is 13.8 Å². The van der Waals surface area contributed by atoms with Crippen LogP contribution in [-0.4, -0.2) is 17.5 Å². The van der Waals surface area contributed by atoms with Gasteiger partial charge in [-0.05, 0) is 36.2 Å². The Balaban J connectivity index is 2.29. The van der Waals surface area contributed by atoms with Gasteiger partial charge in [-0.25, -0.2) is 0 Å². The summed E-state index contributed by atoms with van der Waals surface area (Å²) in [6.07, 6.45) is 0. The Morgan fingerprint density at radius 2 is 2.00 bits per heavy atom. The third-order valence-corrected chi connectivity index (χ3v) is 2.94. The highest BCUT2D eigenvalue weighted by Crippen LogP contribution is 2.26. The highest BCUT2D eigenvalue weighted by atomic mass is 16.5. The minimum Gasteiger partial charge on any atom is -0.507 e. The maximum absolute atomic E-state index is 12.4. The fourth-order valence-corrected chi connectivity index (χ4v) is 1.89. The highest BCUT2D eigenvalue weighted by Gasteiger charge is 2.15. The Labute approximate surface area is 124 Å². The maximum atomic E-state index is 12.4. The third kappa shape index (κ3) is 3.75. The van der Waals surface area contributed by atoms with E-state index in [4.69, 9.17) is 10.5 Å². The lowest BCUT2D eigenvalue weighted by molar-refractivity contribution is 0.103. The van der Waals surface area contributed by atoms with E-state index in [1.54, 1.807) is 36.4 Å². The number of nitrogens with two attached hydrogens (primary N) is 1. The smallest absolute Gasteiger partial charge is 0.196 e. The first-order valence-corrected chi connectivity index (χ1v) is 6.83. The van der Waals surface area contributed by atoms with Crippen molar-refractivity contribution in [3.05, 3.63) is 53.6 Å². The molecule has 0 amide bonds. The molecule has 0 aliphatic heterocycles.